The highest BCUT2D eigenvalue weighted by molar-refractivity contribution is 7.92. The van der Waals surface area contributed by atoms with Gasteiger partial charge in [0.15, 0.2) is 6.10 Å². The van der Waals surface area contributed by atoms with Crippen LogP contribution in [0.4, 0.5) is 10.1 Å². The number of carbonyl (C=O) groups excluding carboxylic acids is 1. The lowest BCUT2D eigenvalue weighted by molar-refractivity contribution is -0.127. The molecule has 0 saturated carbocycles. The maximum absolute atomic E-state index is 12.9. The Kier molecular flexibility index (Phi) is 5.73. The van der Waals surface area contributed by atoms with Gasteiger partial charge in [-0.15, -0.1) is 0 Å². The zero-order valence-corrected chi connectivity index (χ0v) is 16.3. The molecule has 0 spiro atoms. The molecule has 9 heteroatoms. The van der Waals surface area contributed by atoms with Gasteiger partial charge in [-0.2, -0.15) is 0 Å². The van der Waals surface area contributed by atoms with Gasteiger partial charge in [0.2, 0.25) is 10.0 Å². The fraction of sp³-hybridized carbons (Fsp3) is 0.316. The minimum absolute atomic E-state index is 0.111. The van der Waals surface area contributed by atoms with E-state index in [2.05, 4.69) is 5.32 Å². The molecule has 1 heterocycles. The van der Waals surface area contributed by atoms with E-state index in [9.17, 15) is 17.6 Å². The molecule has 0 radical (unpaired) electrons. The number of nitrogens with zero attached hydrogens (tertiary/aromatic N) is 1. The predicted octanol–water partition coefficient (Wildman–Crippen LogP) is 1.86. The maximum atomic E-state index is 12.9. The fourth-order valence-electron chi connectivity index (χ4n) is 2.80. The standard InChI is InChI=1S/C19H21FN2O5S/c1-13-3-8-17-16(11-13)22(28(2,24)25)12-18(27-17)19(23)21-9-10-26-15-6-4-14(20)5-7-15/h3-8,11,18H,9-10,12H2,1-2H3,(H,21,23)/t18-/m1/s1. The minimum Gasteiger partial charge on any atom is -0.492 e. The first kappa shape index (κ1) is 19.9. The molecule has 2 aromatic carbocycles. The summed E-state index contributed by atoms with van der Waals surface area (Å²) in [6.07, 6.45) is 0.117. The number of amides is 1. The van der Waals surface area contributed by atoms with Crippen LogP contribution in [-0.4, -0.2) is 46.4 Å². The van der Waals surface area contributed by atoms with E-state index in [-0.39, 0.29) is 25.5 Å². The van der Waals surface area contributed by atoms with Crippen molar-refractivity contribution in [1.29, 1.82) is 0 Å². The number of anilines is 1. The third kappa shape index (κ3) is 4.72. The van der Waals surface area contributed by atoms with Crippen molar-refractivity contribution in [3.63, 3.8) is 0 Å². The number of sulfonamides is 1. The Balaban J connectivity index is 1.61. The van der Waals surface area contributed by atoms with Crippen LogP contribution in [0, 0.1) is 12.7 Å². The fourth-order valence-corrected chi connectivity index (χ4v) is 3.71. The Morgan fingerprint density at radius 2 is 2.00 bits per heavy atom. The number of hydrogen-bond acceptors (Lipinski definition) is 5. The van der Waals surface area contributed by atoms with Crippen molar-refractivity contribution in [2.45, 2.75) is 13.0 Å². The Bertz CT molecular complexity index is 963. The third-order valence-corrected chi connectivity index (χ3v) is 5.31. The monoisotopic (exact) mass is 408 g/mol. The molecule has 1 atom stereocenters. The molecule has 28 heavy (non-hydrogen) atoms. The van der Waals surface area contributed by atoms with Crippen molar-refractivity contribution in [3.8, 4) is 11.5 Å². The van der Waals surface area contributed by atoms with E-state index in [0.29, 0.717) is 17.2 Å². The van der Waals surface area contributed by atoms with Gasteiger partial charge >= 0.3 is 0 Å². The molecular formula is C19H21FN2O5S. The Morgan fingerprint density at radius 1 is 1.29 bits per heavy atom. The number of hydrogen-bond donors (Lipinski definition) is 1. The van der Waals surface area contributed by atoms with Gasteiger partial charge in [-0.1, -0.05) is 6.07 Å². The summed E-state index contributed by atoms with van der Waals surface area (Å²) in [5, 5.41) is 2.66. The van der Waals surface area contributed by atoms with Gasteiger partial charge in [0, 0.05) is 0 Å². The number of fused-ring (bicyclic) bond motifs is 1. The second-order valence-electron chi connectivity index (χ2n) is 6.47. The number of aryl methyl sites for hydroxylation is 1. The first-order chi connectivity index (χ1) is 13.2. The van der Waals surface area contributed by atoms with Crippen molar-refractivity contribution in [2.75, 3.05) is 30.3 Å². The number of halogens is 1. The number of carbonyl (C=O) groups is 1. The van der Waals surface area contributed by atoms with E-state index in [0.717, 1.165) is 11.8 Å². The van der Waals surface area contributed by atoms with Crippen molar-refractivity contribution < 1.29 is 27.1 Å². The van der Waals surface area contributed by atoms with E-state index in [1.54, 1.807) is 18.2 Å². The van der Waals surface area contributed by atoms with E-state index in [4.69, 9.17) is 9.47 Å². The van der Waals surface area contributed by atoms with E-state index in [1.165, 1.54) is 28.6 Å². The highest BCUT2D eigenvalue weighted by Crippen LogP contribution is 2.35. The molecule has 0 aliphatic carbocycles. The molecule has 1 N–H and O–H groups in total. The molecular weight excluding hydrogens is 387 g/mol. The lowest BCUT2D eigenvalue weighted by Crippen LogP contribution is -2.51. The topological polar surface area (TPSA) is 84.9 Å². The van der Waals surface area contributed by atoms with Gasteiger partial charge in [0.25, 0.3) is 5.91 Å². The molecule has 1 amide bonds. The largest absolute Gasteiger partial charge is 0.492 e. The summed E-state index contributed by atoms with van der Waals surface area (Å²) in [6.45, 7) is 2.10. The average molecular weight is 408 g/mol. The molecule has 0 unspecified atom stereocenters. The van der Waals surface area contributed by atoms with Crippen LogP contribution in [0.3, 0.4) is 0 Å². The summed E-state index contributed by atoms with van der Waals surface area (Å²) in [7, 11) is -3.57. The zero-order valence-electron chi connectivity index (χ0n) is 15.5. The summed E-state index contributed by atoms with van der Waals surface area (Å²) < 4.78 is 49.5. The van der Waals surface area contributed by atoms with Crippen molar-refractivity contribution in [1.82, 2.24) is 5.32 Å². The van der Waals surface area contributed by atoms with E-state index >= 15 is 0 Å². The summed E-state index contributed by atoms with van der Waals surface area (Å²) in [6, 6.07) is 10.7. The quantitative estimate of drug-likeness (QED) is 0.738. The number of nitrogens with one attached hydrogen (secondary N) is 1. The molecule has 7 nitrogen and oxygen atoms in total. The van der Waals surface area contributed by atoms with Crippen LogP contribution in [0.15, 0.2) is 42.5 Å². The molecule has 150 valence electrons. The second-order valence-corrected chi connectivity index (χ2v) is 8.37. The zero-order chi connectivity index (χ0) is 20.3. The lowest BCUT2D eigenvalue weighted by Gasteiger charge is -2.34. The smallest absolute Gasteiger partial charge is 0.263 e. The van der Waals surface area contributed by atoms with Crippen LogP contribution in [-0.2, 0) is 14.8 Å². The summed E-state index contributed by atoms with van der Waals surface area (Å²) in [5.74, 6) is 0.0192. The van der Waals surface area contributed by atoms with Crippen LogP contribution >= 0.6 is 0 Å². The van der Waals surface area contributed by atoms with E-state index < -0.39 is 22.0 Å². The van der Waals surface area contributed by atoms with Crippen LogP contribution < -0.4 is 19.1 Å². The Morgan fingerprint density at radius 3 is 2.68 bits per heavy atom. The van der Waals surface area contributed by atoms with Gasteiger partial charge < -0.3 is 14.8 Å². The number of benzene rings is 2. The molecule has 3 rings (SSSR count). The Hall–Kier alpha value is -2.81. The highest BCUT2D eigenvalue weighted by atomic mass is 32.2. The maximum Gasteiger partial charge on any atom is 0.263 e. The van der Waals surface area contributed by atoms with Crippen LogP contribution in [0.5, 0.6) is 11.5 Å². The van der Waals surface area contributed by atoms with Gasteiger partial charge in [-0.3, -0.25) is 9.10 Å². The van der Waals surface area contributed by atoms with E-state index in [1.807, 2.05) is 6.92 Å². The predicted molar refractivity (Wildman–Crippen MR) is 103 cm³/mol. The summed E-state index contributed by atoms with van der Waals surface area (Å²) in [5.41, 5.74) is 1.31. The molecule has 2 aromatic rings. The van der Waals surface area contributed by atoms with Crippen LogP contribution in [0.1, 0.15) is 5.56 Å². The summed E-state index contributed by atoms with van der Waals surface area (Å²) >= 11 is 0. The first-order valence-electron chi connectivity index (χ1n) is 8.65. The normalized spacial score (nSPS) is 16.1. The third-order valence-electron chi connectivity index (χ3n) is 4.16. The van der Waals surface area contributed by atoms with Gasteiger partial charge in [-0.25, -0.2) is 12.8 Å². The highest BCUT2D eigenvalue weighted by Gasteiger charge is 2.34. The van der Waals surface area contributed by atoms with Crippen LogP contribution in [0.2, 0.25) is 0 Å². The minimum atomic E-state index is -3.57. The van der Waals surface area contributed by atoms with Crippen LogP contribution in [0.25, 0.3) is 0 Å². The molecule has 0 bridgehead atoms. The Labute approximate surface area is 163 Å². The molecule has 1 aliphatic heterocycles. The molecule has 0 fully saturated rings. The molecule has 1 aliphatic rings. The van der Waals surface area contributed by atoms with Crippen molar-refractivity contribution in [2.24, 2.45) is 0 Å². The van der Waals surface area contributed by atoms with Crippen molar-refractivity contribution >= 4 is 21.6 Å². The average Bonchev–Trinajstić information content (AvgIpc) is 2.64. The van der Waals surface area contributed by atoms with Gasteiger partial charge in [0.05, 0.1) is 25.0 Å². The molecule has 0 saturated heterocycles. The van der Waals surface area contributed by atoms with Gasteiger partial charge in [0.1, 0.15) is 23.9 Å². The second kappa shape index (κ2) is 8.05. The first-order valence-corrected chi connectivity index (χ1v) is 10.5. The van der Waals surface area contributed by atoms with Gasteiger partial charge in [-0.05, 0) is 48.9 Å². The summed E-state index contributed by atoms with van der Waals surface area (Å²) in [4.78, 5) is 12.4. The lowest BCUT2D eigenvalue weighted by atomic mass is 10.1. The van der Waals surface area contributed by atoms with Crippen molar-refractivity contribution in [3.05, 3.63) is 53.8 Å². The molecule has 0 aromatic heterocycles. The SMILES string of the molecule is Cc1ccc2c(c1)N(S(C)(=O)=O)C[C@H](C(=O)NCCOc1ccc(F)cc1)O2. The number of rotatable bonds is 6. The number of ether oxygens (including phenoxy) is 2.